The Labute approximate surface area is 152 Å². The number of ether oxygens (including phenoxy) is 1. The summed E-state index contributed by atoms with van der Waals surface area (Å²) >= 11 is 3.47. The topological polar surface area (TPSA) is 26.3 Å². The number of carbonyl (C=O) groups excluding carboxylic acids is 1. The molecule has 4 saturated carbocycles. The fourth-order valence-corrected chi connectivity index (χ4v) is 6.11. The Morgan fingerprint density at radius 2 is 1.67 bits per heavy atom. The first-order valence-corrected chi connectivity index (χ1v) is 9.95. The molecule has 5 rings (SSSR count). The minimum Gasteiger partial charge on any atom is -0.469 e. The zero-order valence-electron chi connectivity index (χ0n) is 14.2. The van der Waals surface area contributed by atoms with Gasteiger partial charge < -0.3 is 4.74 Å². The maximum atomic E-state index is 12.5. The smallest absolute Gasteiger partial charge is 0.312 e. The van der Waals surface area contributed by atoms with Gasteiger partial charge in [-0.2, -0.15) is 0 Å². The summed E-state index contributed by atoms with van der Waals surface area (Å²) in [7, 11) is 1.53. The summed E-state index contributed by atoms with van der Waals surface area (Å²) in [6.45, 7) is 0. The Hall–Kier alpha value is -1.09. The summed E-state index contributed by atoms with van der Waals surface area (Å²) in [6.07, 6.45) is 11.0. The second-order valence-corrected chi connectivity index (χ2v) is 8.88. The highest BCUT2D eigenvalue weighted by atomic mass is 79.9. The third-order valence-corrected chi connectivity index (χ3v) is 7.08. The fourth-order valence-electron chi connectivity index (χ4n) is 5.84. The zero-order valence-corrected chi connectivity index (χ0v) is 15.7. The van der Waals surface area contributed by atoms with Crippen molar-refractivity contribution in [2.45, 2.75) is 32.1 Å². The molecule has 0 radical (unpaired) electrons. The van der Waals surface area contributed by atoms with E-state index in [9.17, 15) is 4.79 Å². The first kappa shape index (κ1) is 16.4. The van der Waals surface area contributed by atoms with Gasteiger partial charge in [-0.1, -0.05) is 40.2 Å². The molecule has 0 unspecified atom stereocenters. The van der Waals surface area contributed by atoms with Crippen molar-refractivity contribution >= 4 is 28.0 Å². The molecule has 4 bridgehead atoms. The van der Waals surface area contributed by atoms with Crippen molar-refractivity contribution < 1.29 is 9.53 Å². The minimum absolute atomic E-state index is 0.0548. The summed E-state index contributed by atoms with van der Waals surface area (Å²) in [6, 6.07) is 8.23. The second-order valence-electron chi connectivity index (χ2n) is 7.97. The summed E-state index contributed by atoms with van der Waals surface area (Å²) in [5.74, 6) is 3.64. The summed E-state index contributed by atoms with van der Waals surface area (Å²) < 4.78 is 6.25. The number of rotatable bonds is 4. The first-order valence-electron chi connectivity index (χ1n) is 9.15. The van der Waals surface area contributed by atoms with E-state index < -0.39 is 0 Å². The molecule has 0 amide bonds. The van der Waals surface area contributed by atoms with E-state index in [-0.39, 0.29) is 11.9 Å². The van der Waals surface area contributed by atoms with Gasteiger partial charge in [0.1, 0.15) is 0 Å². The van der Waals surface area contributed by atoms with Gasteiger partial charge in [0.05, 0.1) is 13.0 Å². The SMILES string of the molecule is COC(=O)[C@@H](/C=C/c1ccc(Br)cc1)C1C2CC3CC(C2)CC1C3. The number of benzene rings is 1. The van der Waals surface area contributed by atoms with E-state index in [4.69, 9.17) is 4.74 Å². The Kier molecular flexibility index (Phi) is 4.55. The van der Waals surface area contributed by atoms with Gasteiger partial charge in [-0.05, 0) is 79.4 Å². The molecule has 24 heavy (non-hydrogen) atoms. The maximum Gasteiger partial charge on any atom is 0.312 e. The van der Waals surface area contributed by atoms with Crippen LogP contribution in [0.2, 0.25) is 0 Å². The van der Waals surface area contributed by atoms with E-state index in [0.717, 1.165) is 33.7 Å². The van der Waals surface area contributed by atoms with Gasteiger partial charge in [0.15, 0.2) is 0 Å². The van der Waals surface area contributed by atoms with Crippen LogP contribution in [0.3, 0.4) is 0 Å². The molecule has 3 heteroatoms. The fraction of sp³-hybridized carbons (Fsp3) is 0.571. The predicted octanol–water partition coefficient (Wildman–Crippen LogP) is 5.32. The Morgan fingerprint density at radius 1 is 1.08 bits per heavy atom. The maximum absolute atomic E-state index is 12.5. The highest BCUT2D eigenvalue weighted by Gasteiger charge is 2.51. The molecule has 0 heterocycles. The summed E-state index contributed by atoms with van der Waals surface area (Å²) in [5.41, 5.74) is 1.14. The van der Waals surface area contributed by atoms with Gasteiger partial charge in [0.25, 0.3) is 0 Å². The molecule has 0 spiro atoms. The third-order valence-electron chi connectivity index (χ3n) is 6.55. The van der Waals surface area contributed by atoms with E-state index in [1.165, 1.54) is 39.2 Å². The van der Waals surface area contributed by atoms with Crippen LogP contribution < -0.4 is 0 Å². The molecule has 128 valence electrons. The Morgan fingerprint density at radius 3 is 2.21 bits per heavy atom. The largest absolute Gasteiger partial charge is 0.469 e. The molecule has 1 atom stereocenters. The van der Waals surface area contributed by atoms with Crippen molar-refractivity contribution in [3.63, 3.8) is 0 Å². The molecular weight excluding hydrogens is 364 g/mol. The number of methoxy groups -OCH3 is 1. The van der Waals surface area contributed by atoms with Gasteiger partial charge >= 0.3 is 5.97 Å². The van der Waals surface area contributed by atoms with Crippen molar-refractivity contribution in [2.24, 2.45) is 35.5 Å². The molecule has 4 aliphatic rings. The van der Waals surface area contributed by atoms with Crippen molar-refractivity contribution in [3.05, 3.63) is 40.4 Å². The average Bonchev–Trinajstić information content (AvgIpc) is 2.57. The van der Waals surface area contributed by atoms with Gasteiger partial charge in [-0.15, -0.1) is 0 Å². The molecule has 0 saturated heterocycles. The summed E-state index contributed by atoms with van der Waals surface area (Å²) in [5, 5.41) is 0. The quantitative estimate of drug-likeness (QED) is 0.651. The van der Waals surface area contributed by atoms with Gasteiger partial charge in [0, 0.05) is 4.47 Å². The van der Waals surface area contributed by atoms with Crippen molar-refractivity contribution in [2.75, 3.05) is 7.11 Å². The van der Waals surface area contributed by atoms with Crippen LogP contribution in [0.5, 0.6) is 0 Å². The number of hydrogen-bond donors (Lipinski definition) is 0. The van der Waals surface area contributed by atoms with Crippen molar-refractivity contribution in [1.29, 1.82) is 0 Å². The van der Waals surface area contributed by atoms with Gasteiger partial charge in [0.2, 0.25) is 0 Å². The molecule has 4 aliphatic carbocycles. The Balaban J connectivity index is 1.58. The Bertz CT molecular complexity index is 606. The number of halogens is 1. The molecule has 4 fully saturated rings. The van der Waals surface area contributed by atoms with Crippen LogP contribution in [0.4, 0.5) is 0 Å². The lowest BCUT2D eigenvalue weighted by Gasteiger charge is -2.55. The molecule has 0 aromatic heterocycles. The van der Waals surface area contributed by atoms with Crippen LogP contribution in [0.25, 0.3) is 6.08 Å². The number of esters is 1. The molecule has 1 aromatic carbocycles. The molecule has 0 aliphatic heterocycles. The third kappa shape index (κ3) is 3.08. The lowest BCUT2D eigenvalue weighted by Crippen LogP contribution is -2.48. The number of carbonyl (C=O) groups is 1. The molecule has 0 N–H and O–H groups in total. The van der Waals surface area contributed by atoms with Crippen LogP contribution >= 0.6 is 15.9 Å². The molecule has 1 aromatic rings. The highest BCUT2D eigenvalue weighted by Crippen LogP contribution is 2.58. The lowest BCUT2D eigenvalue weighted by molar-refractivity contribution is -0.151. The van der Waals surface area contributed by atoms with E-state index in [2.05, 4.69) is 40.2 Å². The van der Waals surface area contributed by atoms with Crippen LogP contribution in [0.1, 0.15) is 37.7 Å². The molecular formula is C21H25BrO2. The van der Waals surface area contributed by atoms with Crippen LogP contribution in [-0.4, -0.2) is 13.1 Å². The number of hydrogen-bond acceptors (Lipinski definition) is 2. The standard InChI is InChI=1S/C21H25BrO2/c1-24-21(23)19(7-4-13-2-5-18(22)6-3-13)20-16-9-14-8-15(11-16)12-17(20)10-14/h2-7,14-17,19-20H,8-12H2,1H3/b7-4+/t14?,15?,16?,17?,19-,20?/m0/s1. The predicted molar refractivity (Wildman–Crippen MR) is 99.2 cm³/mol. The van der Waals surface area contributed by atoms with E-state index in [1.54, 1.807) is 0 Å². The first-order chi connectivity index (χ1) is 11.6. The van der Waals surface area contributed by atoms with E-state index in [0.29, 0.717) is 5.92 Å². The van der Waals surface area contributed by atoms with Crippen LogP contribution in [-0.2, 0) is 9.53 Å². The zero-order chi connectivity index (χ0) is 16.7. The lowest BCUT2D eigenvalue weighted by atomic mass is 9.49. The van der Waals surface area contributed by atoms with Gasteiger partial charge in [-0.25, -0.2) is 0 Å². The van der Waals surface area contributed by atoms with Crippen LogP contribution in [0.15, 0.2) is 34.8 Å². The average molecular weight is 389 g/mol. The van der Waals surface area contributed by atoms with E-state index in [1.807, 2.05) is 12.1 Å². The second kappa shape index (κ2) is 6.67. The highest BCUT2D eigenvalue weighted by molar-refractivity contribution is 9.10. The minimum atomic E-state index is -0.0892. The normalized spacial score (nSPS) is 35.3. The van der Waals surface area contributed by atoms with Crippen LogP contribution in [0, 0.1) is 35.5 Å². The summed E-state index contributed by atoms with van der Waals surface area (Å²) in [4.78, 5) is 12.5. The van der Waals surface area contributed by atoms with Gasteiger partial charge in [-0.3, -0.25) is 4.79 Å². The van der Waals surface area contributed by atoms with Crippen molar-refractivity contribution in [1.82, 2.24) is 0 Å². The monoisotopic (exact) mass is 388 g/mol. The van der Waals surface area contributed by atoms with E-state index >= 15 is 0 Å². The van der Waals surface area contributed by atoms with Crippen molar-refractivity contribution in [3.8, 4) is 0 Å². The molecule has 2 nitrogen and oxygen atoms in total.